The van der Waals surface area contributed by atoms with E-state index >= 15 is 0 Å². The van der Waals surface area contributed by atoms with Crippen LogP contribution in [0, 0.1) is 23.1 Å². The molecule has 1 aromatic rings. The summed E-state index contributed by atoms with van der Waals surface area (Å²) in [5, 5.41) is 2.91. The fourth-order valence-corrected chi connectivity index (χ4v) is 2.71. The van der Waals surface area contributed by atoms with Crippen LogP contribution in [0.3, 0.4) is 0 Å². The van der Waals surface area contributed by atoms with Gasteiger partial charge in [0.1, 0.15) is 5.82 Å². The predicted molar refractivity (Wildman–Crippen MR) is 81.2 cm³/mol. The van der Waals surface area contributed by atoms with Gasteiger partial charge in [-0.3, -0.25) is 4.79 Å². The standard InChI is InChI=1S/C17H21FN2O/c1-17(8-2-3-9-17)12-20-16(21)14-7-6-13(5-4-10-19)15(18)11-14/h6-7,11H,2-3,8-10,12,19H2,1H3,(H,20,21). The van der Waals surface area contributed by atoms with E-state index in [1.807, 2.05) is 0 Å². The van der Waals surface area contributed by atoms with E-state index in [-0.39, 0.29) is 23.4 Å². The highest BCUT2D eigenvalue weighted by Crippen LogP contribution is 2.36. The van der Waals surface area contributed by atoms with Gasteiger partial charge in [0.2, 0.25) is 0 Å². The summed E-state index contributed by atoms with van der Waals surface area (Å²) in [7, 11) is 0. The van der Waals surface area contributed by atoms with Crippen molar-refractivity contribution in [2.24, 2.45) is 11.1 Å². The molecule has 3 nitrogen and oxygen atoms in total. The number of benzene rings is 1. The Morgan fingerprint density at radius 1 is 1.43 bits per heavy atom. The average molecular weight is 288 g/mol. The molecule has 1 aliphatic rings. The summed E-state index contributed by atoms with van der Waals surface area (Å²) in [5.74, 6) is 4.51. The Morgan fingerprint density at radius 2 is 2.14 bits per heavy atom. The topological polar surface area (TPSA) is 55.1 Å². The third kappa shape index (κ3) is 4.05. The number of hydrogen-bond acceptors (Lipinski definition) is 2. The third-order valence-electron chi connectivity index (χ3n) is 4.04. The molecular weight excluding hydrogens is 267 g/mol. The molecule has 4 heteroatoms. The summed E-state index contributed by atoms with van der Waals surface area (Å²) in [4.78, 5) is 12.1. The van der Waals surface area contributed by atoms with Crippen LogP contribution in [0.15, 0.2) is 18.2 Å². The van der Waals surface area contributed by atoms with Gasteiger partial charge in [0.15, 0.2) is 0 Å². The molecule has 1 amide bonds. The highest BCUT2D eigenvalue weighted by atomic mass is 19.1. The van der Waals surface area contributed by atoms with Gasteiger partial charge in [-0.05, 0) is 36.5 Å². The lowest BCUT2D eigenvalue weighted by Gasteiger charge is -2.23. The molecule has 2 rings (SSSR count). The van der Waals surface area contributed by atoms with Crippen LogP contribution in [0.5, 0.6) is 0 Å². The molecule has 0 atom stereocenters. The van der Waals surface area contributed by atoms with Gasteiger partial charge in [-0.25, -0.2) is 4.39 Å². The molecule has 1 saturated carbocycles. The molecule has 1 aromatic carbocycles. The summed E-state index contributed by atoms with van der Waals surface area (Å²) in [6.07, 6.45) is 4.70. The fraction of sp³-hybridized carbons (Fsp3) is 0.471. The van der Waals surface area contributed by atoms with E-state index in [1.54, 1.807) is 6.07 Å². The first-order valence-electron chi connectivity index (χ1n) is 7.31. The van der Waals surface area contributed by atoms with E-state index in [1.165, 1.54) is 25.0 Å². The van der Waals surface area contributed by atoms with E-state index in [9.17, 15) is 9.18 Å². The average Bonchev–Trinajstić information content (AvgIpc) is 2.91. The minimum atomic E-state index is -0.490. The van der Waals surface area contributed by atoms with Crippen molar-refractivity contribution in [1.82, 2.24) is 5.32 Å². The van der Waals surface area contributed by atoms with Gasteiger partial charge in [-0.1, -0.05) is 31.6 Å². The third-order valence-corrected chi connectivity index (χ3v) is 4.04. The van der Waals surface area contributed by atoms with Gasteiger partial charge < -0.3 is 11.1 Å². The molecule has 0 aliphatic heterocycles. The van der Waals surface area contributed by atoms with Gasteiger partial charge in [-0.2, -0.15) is 0 Å². The van der Waals surface area contributed by atoms with Crippen molar-refractivity contribution in [2.75, 3.05) is 13.1 Å². The highest BCUT2D eigenvalue weighted by molar-refractivity contribution is 5.94. The normalized spacial score (nSPS) is 16.1. The summed E-state index contributed by atoms with van der Waals surface area (Å²) < 4.78 is 13.8. The molecule has 0 heterocycles. The molecular formula is C17H21FN2O. The number of carbonyl (C=O) groups excluding carboxylic acids is 1. The van der Waals surface area contributed by atoms with Crippen LogP contribution in [0.2, 0.25) is 0 Å². The lowest BCUT2D eigenvalue weighted by molar-refractivity contribution is 0.0934. The number of nitrogens with two attached hydrogens (primary N) is 1. The molecule has 0 spiro atoms. The molecule has 0 bridgehead atoms. The van der Waals surface area contributed by atoms with Crippen molar-refractivity contribution in [3.05, 3.63) is 35.1 Å². The first-order chi connectivity index (χ1) is 10.0. The Labute approximate surface area is 125 Å². The molecule has 0 radical (unpaired) electrons. The van der Waals surface area contributed by atoms with E-state index < -0.39 is 5.82 Å². The molecule has 21 heavy (non-hydrogen) atoms. The number of rotatable bonds is 3. The van der Waals surface area contributed by atoms with Gasteiger partial charge in [-0.15, -0.1) is 0 Å². The van der Waals surface area contributed by atoms with Crippen LogP contribution in [0.1, 0.15) is 48.5 Å². The molecule has 0 saturated heterocycles. The first-order valence-corrected chi connectivity index (χ1v) is 7.31. The lowest BCUT2D eigenvalue weighted by Crippen LogP contribution is -2.34. The van der Waals surface area contributed by atoms with Gasteiger partial charge in [0, 0.05) is 12.1 Å². The monoisotopic (exact) mass is 288 g/mol. The predicted octanol–water partition coefficient (Wildman–Crippen LogP) is 2.45. The van der Waals surface area contributed by atoms with Crippen LogP contribution < -0.4 is 11.1 Å². The van der Waals surface area contributed by atoms with Crippen LogP contribution >= 0.6 is 0 Å². The zero-order valence-electron chi connectivity index (χ0n) is 12.3. The molecule has 112 valence electrons. The van der Waals surface area contributed by atoms with Crippen LogP contribution in [0.25, 0.3) is 0 Å². The van der Waals surface area contributed by atoms with Crippen LogP contribution in [-0.4, -0.2) is 19.0 Å². The Morgan fingerprint density at radius 3 is 2.76 bits per heavy atom. The molecule has 0 aromatic heterocycles. The number of hydrogen-bond donors (Lipinski definition) is 2. The van der Waals surface area contributed by atoms with Crippen molar-refractivity contribution >= 4 is 5.91 Å². The second-order valence-corrected chi connectivity index (χ2v) is 5.90. The largest absolute Gasteiger partial charge is 0.351 e. The smallest absolute Gasteiger partial charge is 0.251 e. The molecule has 1 fully saturated rings. The van der Waals surface area contributed by atoms with E-state index in [2.05, 4.69) is 24.1 Å². The minimum Gasteiger partial charge on any atom is -0.351 e. The summed E-state index contributed by atoms with van der Waals surface area (Å²) in [6, 6.07) is 4.34. The number of halogens is 1. The molecule has 3 N–H and O–H groups in total. The maximum Gasteiger partial charge on any atom is 0.251 e. The van der Waals surface area contributed by atoms with E-state index in [0.717, 1.165) is 12.8 Å². The van der Waals surface area contributed by atoms with Crippen molar-refractivity contribution in [3.63, 3.8) is 0 Å². The molecule has 1 aliphatic carbocycles. The maximum atomic E-state index is 13.8. The quantitative estimate of drug-likeness (QED) is 0.839. The van der Waals surface area contributed by atoms with Crippen molar-refractivity contribution < 1.29 is 9.18 Å². The lowest BCUT2D eigenvalue weighted by atomic mass is 9.89. The number of amides is 1. The molecule has 0 unspecified atom stereocenters. The zero-order chi connectivity index (χ0) is 15.3. The second-order valence-electron chi connectivity index (χ2n) is 5.90. The second kappa shape index (κ2) is 6.73. The Balaban J connectivity index is 2.01. The SMILES string of the molecule is CC1(CNC(=O)c2ccc(C#CCN)c(F)c2)CCCC1. The minimum absolute atomic E-state index is 0.181. The van der Waals surface area contributed by atoms with Crippen LogP contribution in [0.4, 0.5) is 4.39 Å². The van der Waals surface area contributed by atoms with Crippen molar-refractivity contribution in [2.45, 2.75) is 32.6 Å². The summed E-state index contributed by atoms with van der Waals surface area (Å²) in [5.41, 5.74) is 6.03. The zero-order valence-corrected chi connectivity index (χ0v) is 12.3. The van der Waals surface area contributed by atoms with E-state index in [4.69, 9.17) is 5.73 Å². The number of carbonyl (C=O) groups is 1. The van der Waals surface area contributed by atoms with Crippen molar-refractivity contribution in [3.8, 4) is 11.8 Å². The van der Waals surface area contributed by atoms with Gasteiger partial charge in [0.25, 0.3) is 5.91 Å². The maximum absolute atomic E-state index is 13.8. The Kier molecular flexibility index (Phi) is 4.98. The van der Waals surface area contributed by atoms with Crippen LogP contribution in [-0.2, 0) is 0 Å². The summed E-state index contributed by atoms with van der Waals surface area (Å²) in [6.45, 7) is 3.01. The van der Waals surface area contributed by atoms with Gasteiger partial charge in [0.05, 0.1) is 12.1 Å². The highest BCUT2D eigenvalue weighted by Gasteiger charge is 2.28. The first kappa shape index (κ1) is 15.5. The summed E-state index contributed by atoms with van der Waals surface area (Å²) >= 11 is 0. The number of nitrogens with one attached hydrogen (secondary N) is 1. The Hall–Kier alpha value is -1.86. The van der Waals surface area contributed by atoms with E-state index in [0.29, 0.717) is 12.1 Å². The van der Waals surface area contributed by atoms with Gasteiger partial charge >= 0.3 is 0 Å². The Bertz CT molecular complexity index is 580. The van der Waals surface area contributed by atoms with Crippen molar-refractivity contribution in [1.29, 1.82) is 0 Å². The fourth-order valence-electron chi connectivity index (χ4n) is 2.71.